The van der Waals surface area contributed by atoms with Gasteiger partial charge in [0.25, 0.3) is 0 Å². The summed E-state index contributed by atoms with van der Waals surface area (Å²) in [4.78, 5) is 17.6. The van der Waals surface area contributed by atoms with Crippen LogP contribution in [0.1, 0.15) is 16.7 Å². The van der Waals surface area contributed by atoms with Crippen molar-refractivity contribution in [2.24, 2.45) is 4.99 Å². The average Bonchev–Trinajstić information content (AvgIpc) is 3.33. The van der Waals surface area contributed by atoms with Crippen LogP contribution in [0.4, 0.5) is 13.2 Å². The van der Waals surface area contributed by atoms with E-state index in [0.29, 0.717) is 18.7 Å². The maximum absolute atomic E-state index is 12.9. The molecule has 0 aliphatic carbocycles. The number of carbonyl (C=O) groups excluding carboxylic acids is 1. The fraction of sp³-hybridized carbons (Fsp3) is 0.304. The van der Waals surface area contributed by atoms with E-state index in [1.54, 1.807) is 7.05 Å². The van der Waals surface area contributed by atoms with Crippen molar-refractivity contribution in [1.82, 2.24) is 15.5 Å². The molecule has 0 spiro atoms. The molecule has 7 nitrogen and oxygen atoms in total. The Bertz CT molecular complexity index is 1260. The van der Waals surface area contributed by atoms with E-state index in [1.807, 2.05) is 24.3 Å². The van der Waals surface area contributed by atoms with Gasteiger partial charge in [-0.05, 0) is 17.7 Å². The number of rotatable bonds is 9. The van der Waals surface area contributed by atoms with E-state index in [2.05, 4.69) is 15.6 Å². The maximum atomic E-state index is 12.9. The Balaban J connectivity index is 1.50. The normalized spacial score (nSPS) is 14.1. The molecule has 1 amide bonds. The van der Waals surface area contributed by atoms with E-state index in [9.17, 15) is 26.4 Å². The zero-order valence-corrected chi connectivity index (χ0v) is 21.4. The zero-order chi connectivity index (χ0) is 26.5. The van der Waals surface area contributed by atoms with Crippen molar-refractivity contribution < 1.29 is 26.4 Å². The minimum Gasteiger partial charge on any atom is -0.368 e. The highest BCUT2D eigenvalue weighted by Crippen LogP contribution is 2.38. The first kappa shape index (κ1) is 28.0. The van der Waals surface area contributed by atoms with Crippen molar-refractivity contribution in [2.45, 2.75) is 17.6 Å². The van der Waals surface area contributed by atoms with Gasteiger partial charge in [-0.15, -0.1) is 0 Å². The predicted molar refractivity (Wildman–Crippen MR) is 133 cm³/mol. The van der Waals surface area contributed by atoms with Crippen molar-refractivity contribution in [1.29, 1.82) is 0 Å². The summed E-state index contributed by atoms with van der Waals surface area (Å²) in [6.45, 7) is 1.95. The molecule has 0 bridgehead atoms. The molecule has 1 aliphatic heterocycles. The van der Waals surface area contributed by atoms with Crippen molar-refractivity contribution >= 4 is 44.8 Å². The quantitative estimate of drug-likeness (QED) is 0.357. The van der Waals surface area contributed by atoms with Gasteiger partial charge >= 0.3 is 6.18 Å². The molecule has 0 fully saturated rings. The van der Waals surface area contributed by atoms with Crippen LogP contribution in [0.25, 0.3) is 0 Å². The Morgan fingerprint density at radius 2 is 1.83 bits per heavy atom. The van der Waals surface area contributed by atoms with Gasteiger partial charge in [0, 0.05) is 38.3 Å². The van der Waals surface area contributed by atoms with Gasteiger partial charge in [0.2, 0.25) is 5.91 Å². The van der Waals surface area contributed by atoms with Crippen LogP contribution in [-0.2, 0) is 27.4 Å². The Kier molecular flexibility index (Phi) is 9.04. The second-order valence-electron chi connectivity index (χ2n) is 7.93. The molecule has 194 valence electrons. The number of amides is 1. The molecular formula is C23H23Cl2F3N4O3S. The van der Waals surface area contributed by atoms with Crippen molar-refractivity contribution in [3.63, 3.8) is 0 Å². The molecule has 2 aromatic rings. The van der Waals surface area contributed by atoms with Crippen molar-refractivity contribution in [3.8, 4) is 0 Å². The molecule has 0 saturated heterocycles. The molecule has 0 saturated carbocycles. The zero-order valence-electron chi connectivity index (χ0n) is 19.1. The lowest BCUT2D eigenvalue weighted by atomic mass is 10.1. The first-order valence-corrected chi connectivity index (χ1v) is 13.1. The van der Waals surface area contributed by atoms with E-state index in [0.717, 1.165) is 30.1 Å². The minimum absolute atomic E-state index is 0.0124. The van der Waals surface area contributed by atoms with Crippen LogP contribution in [0.5, 0.6) is 0 Å². The number of halogens is 5. The van der Waals surface area contributed by atoms with E-state index >= 15 is 0 Å². The van der Waals surface area contributed by atoms with Crippen molar-refractivity contribution in [2.75, 3.05) is 32.6 Å². The Labute approximate surface area is 216 Å². The first-order valence-electron chi connectivity index (χ1n) is 10.7. The van der Waals surface area contributed by atoms with Gasteiger partial charge in [-0.3, -0.25) is 15.1 Å². The maximum Gasteiger partial charge on any atom is 0.416 e. The van der Waals surface area contributed by atoms with Crippen LogP contribution in [0.15, 0.2) is 58.4 Å². The van der Waals surface area contributed by atoms with Gasteiger partial charge in [0.05, 0.1) is 22.2 Å². The number of likely N-dealkylation sites (N-methyl/N-ethyl adjacent to an activating group) is 1. The summed E-state index contributed by atoms with van der Waals surface area (Å²) < 4.78 is 63.6. The van der Waals surface area contributed by atoms with Crippen LogP contribution in [0.2, 0.25) is 10.0 Å². The average molecular weight is 563 g/mol. The summed E-state index contributed by atoms with van der Waals surface area (Å²) in [6.07, 6.45) is -1.98. The molecule has 2 aromatic carbocycles. The summed E-state index contributed by atoms with van der Waals surface area (Å²) in [5, 5.41) is 4.55. The molecule has 3 rings (SSSR count). The van der Waals surface area contributed by atoms with Gasteiger partial charge in [0.1, 0.15) is 16.6 Å². The largest absolute Gasteiger partial charge is 0.416 e. The number of benzene rings is 2. The van der Waals surface area contributed by atoms with Gasteiger partial charge < -0.3 is 10.2 Å². The van der Waals surface area contributed by atoms with Gasteiger partial charge in [0.15, 0.2) is 9.84 Å². The van der Waals surface area contributed by atoms with Crippen LogP contribution in [-0.4, -0.2) is 57.6 Å². The third kappa shape index (κ3) is 7.22. The predicted octanol–water partition coefficient (Wildman–Crippen LogP) is 3.90. The summed E-state index contributed by atoms with van der Waals surface area (Å²) >= 11 is 11.6. The van der Waals surface area contributed by atoms with Crippen LogP contribution < -0.4 is 10.6 Å². The SMILES string of the molecule is CN(Cc1ccc(C2=NCCN2)cc1)C(=O)C=CCNCS(=O)(=O)c1c(Cl)cc(C(F)(F)F)cc1Cl. The number of hydrogen-bond acceptors (Lipinski definition) is 6. The highest BCUT2D eigenvalue weighted by atomic mass is 35.5. The number of amidine groups is 1. The second kappa shape index (κ2) is 11.6. The van der Waals surface area contributed by atoms with E-state index in [1.165, 1.54) is 17.1 Å². The molecule has 1 aliphatic rings. The Morgan fingerprint density at radius 3 is 2.39 bits per heavy atom. The standard InChI is InChI=1S/C23H23Cl2F3N4O3S/c1-32(13-15-4-6-16(7-5-15)22-30-9-10-31-22)20(33)3-2-8-29-14-36(34,35)21-18(24)11-17(12-19(21)25)23(26,27)28/h2-7,11-12,29H,8-10,13-14H2,1H3,(H,30,31). The fourth-order valence-corrected chi connectivity index (χ4v) is 5.80. The van der Waals surface area contributed by atoms with Gasteiger partial charge in [-0.1, -0.05) is 53.5 Å². The number of nitrogens with one attached hydrogen (secondary N) is 2. The minimum atomic E-state index is -4.72. The lowest BCUT2D eigenvalue weighted by molar-refractivity contribution is -0.137. The number of hydrogen-bond donors (Lipinski definition) is 2. The van der Waals surface area contributed by atoms with E-state index in [4.69, 9.17) is 23.2 Å². The molecule has 0 atom stereocenters. The summed E-state index contributed by atoms with van der Waals surface area (Å²) in [5.74, 6) is -0.0794. The molecule has 0 unspecified atom stereocenters. The Hall–Kier alpha value is -2.60. The topological polar surface area (TPSA) is 90.9 Å². The third-order valence-electron chi connectivity index (χ3n) is 5.15. The molecule has 0 aromatic heterocycles. The highest BCUT2D eigenvalue weighted by Gasteiger charge is 2.33. The molecule has 2 N–H and O–H groups in total. The van der Waals surface area contributed by atoms with Crippen LogP contribution in [0, 0.1) is 0 Å². The number of aliphatic imine (C=N–C) groups is 1. The van der Waals surface area contributed by atoms with Crippen molar-refractivity contribution in [3.05, 3.63) is 75.3 Å². The molecule has 13 heteroatoms. The first-order chi connectivity index (χ1) is 16.9. The lowest BCUT2D eigenvalue weighted by Crippen LogP contribution is -2.26. The molecule has 36 heavy (non-hydrogen) atoms. The highest BCUT2D eigenvalue weighted by molar-refractivity contribution is 7.91. The third-order valence-corrected chi connectivity index (χ3v) is 7.62. The fourth-order valence-electron chi connectivity index (χ4n) is 3.37. The van der Waals surface area contributed by atoms with Gasteiger partial charge in [-0.2, -0.15) is 13.2 Å². The van der Waals surface area contributed by atoms with Gasteiger partial charge in [-0.25, -0.2) is 8.42 Å². The lowest BCUT2D eigenvalue weighted by Gasteiger charge is -2.15. The smallest absolute Gasteiger partial charge is 0.368 e. The number of alkyl halides is 3. The van der Waals surface area contributed by atoms with E-state index in [-0.39, 0.29) is 12.5 Å². The second-order valence-corrected chi connectivity index (χ2v) is 10.7. The number of nitrogens with zero attached hydrogens (tertiary/aromatic N) is 2. The molecule has 1 heterocycles. The number of sulfone groups is 1. The van der Waals surface area contributed by atoms with E-state index < -0.39 is 42.4 Å². The number of carbonyl (C=O) groups is 1. The molecular weight excluding hydrogens is 540 g/mol. The van der Waals surface area contributed by atoms with Crippen LogP contribution >= 0.6 is 23.2 Å². The Morgan fingerprint density at radius 1 is 1.19 bits per heavy atom. The van der Waals surface area contributed by atoms with Crippen LogP contribution in [0.3, 0.4) is 0 Å². The summed E-state index contributed by atoms with van der Waals surface area (Å²) in [7, 11) is -2.50. The monoisotopic (exact) mass is 562 g/mol. The summed E-state index contributed by atoms with van der Waals surface area (Å²) in [5.41, 5.74) is 0.757. The molecule has 0 radical (unpaired) electrons. The summed E-state index contributed by atoms with van der Waals surface area (Å²) in [6, 6.07) is 8.72.